The first-order valence-electron chi connectivity index (χ1n) is 9.43. The highest BCUT2D eigenvalue weighted by molar-refractivity contribution is 6.31. The minimum Gasteiger partial charge on any atom is -0.495 e. The molecule has 3 N–H and O–H groups in total. The largest absolute Gasteiger partial charge is 0.495 e. The van der Waals surface area contributed by atoms with Crippen molar-refractivity contribution >= 4 is 34.8 Å². The van der Waals surface area contributed by atoms with Crippen LogP contribution in [0.3, 0.4) is 0 Å². The highest BCUT2D eigenvalue weighted by atomic mass is 35.5. The van der Waals surface area contributed by atoms with E-state index in [-0.39, 0.29) is 30.3 Å². The van der Waals surface area contributed by atoms with Crippen LogP contribution in [0.2, 0.25) is 5.02 Å². The molecule has 1 atom stereocenters. The van der Waals surface area contributed by atoms with Crippen LogP contribution in [-0.4, -0.2) is 39.1 Å². The van der Waals surface area contributed by atoms with E-state index in [4.69, 9.17) is 16.3 Å². The van der Waals surface area contributed by atoms with E-state index in [0.717, 1.165) is 10.6 Å². The Labute approximate surface area is 177 Å². The number of likely N-dealkylation sites (N-methyl/N-ethyl adjacent to an activating group) is 1. The summed E-state index contributed by atoms with van der Waals surface area (Å²) in [5.41, 5.74) is 2.50. The molecule has 0 spiro atoms. The van der Waals surface area contributed by atoms with Gasteiger partial charge in [-0.1, -0.05) is 44.5 Å². The molecule has 7 heteroatoms. The molecule has 2 aromatic carbocycles. The second-order valence-corrected chi connectivity index (χ2v) is 8.52. The fourth-order valence-corrected chi connectivity index (χ4v) is 3.01. The maximum absolute atomic E-state index is 12.3. The molecule has 29 heavy (non-hydrogen) atoms. The van der Waals surface area contributed by atoms with Gasteiger partial charge in [0.05, 0.1) is 19.8 Å². The molecule has 0 heterocycles. The number of amides is 2. The van der Waals surface area contributed by atoms with Gasteiger partial charge in [0.1, 0.15) is 5.75 Å². The number of nitrogens with one attached hydrogen (secondary N) is 3. The zero-order valence-corrected chi connectivity index (χ0v) is 18.3. The van der Waals surface area contributed by atoms with Gasteiger partial charge < -0.3 is 20.3 Å². The Morgan fingerprint density at radius 3 is 2.14 bits per heavy atom. The summed E-state index contributed by atoms with van der Waals surface area (Å²) in [4.78, 5) is 25.4. The second kappa shape index (κ2) is 9.76. The molecule has 0 fully saturated rings. The number of ether oxygens (including phenoxy) is 1. The number of anilines is 2. The molecule has 156 valence electrons. The Kier molecular flexibility index (Phi) is 7.65. The van der Waals surface area contributed by atoms with Gasteiger partial charge in [-0.05, 0) is 41.3 Å². The molecule has 0 bridgehead atoms. The molecule has 2 amide bonds. The normalized spacial score (nSPS) is 12.2. The number of methoxy groups -OCH3 is 1. The van der Waals surface area contributed by atoms with Gasteiger partial charge in [-0.2, -0.15) is 0 Å². The van der Waals surface area contributed by atoms with Crippen LogP contribution in [0.15, 0.2) is 42.5 Å². The lowest BCUT2D eigenvalue weighted by atomic mass is 9.87. The number of benzene rings is 2. The molecule has 2 aromatic rings. The summed E-state index contributed by atoms with van der Waals surface area (Å²) in [5, 5.41) is 6.15. The number of carbonyl (C=O) groups excluding carboxylic acids is 2. The van der Waals surface area contributed by atoms with E-state index in [1.165, 1.54) is 12.7 Å². The van der Waals surface area contributed by atoms with Crippen molar-refractivity contribution in [3.8, 4) is 5.75 Å². The standard InChI is InChI=1S/C22H28ClN3O3/c1-22(2,3)15-6-9-17(10-7-15)24-20(27)13-26(4)14-21(28)25-18-12-16(23)8-11-19(18)29-5/h6-12H,13-14H2,1-5H3,(H,24,27)(H,25,28)/p+1. The number of rotatable bonds is 7. The van der Waals surface area contributed by atoms with Crippen molar-refractivity contribution in [2.24, 2.45) is 0 Å². The van der Waals surface area contributed by atoms with Crippen molar-refractivity contribution < 1.29 is 19.2 Å². The van der Waals surface area contributed by atoms with Crippen LogP contribution in [0.1, 0.15) is 26.3 Å². The predicted octanol–water partition coefficient (Wildman–Crippen LogP) is 2.74. The van der Waals surface area contributed by atoms with Crippen LogP contribution in [0.4, 0.5) is 11.4 Å². The summed E-state index contributed by atoms with van der Waals surface area (Å²) in [6.07, 6.45) is 0. The molecule has 0 aliphatic heterocycles. The summed E-state index contributed by atoms with van der Waals surface area (Å²) in [6.45, 7) is 6.72. The minimum atomic E-state index is -0.231. The van der Waals surface area contributed by atoms with Gasteiger partial charge in [0.2, 0.25) is 0 Å². The fraction of sp³-hybridized carbons (Fsp3) is 0.364. The van der Waals surface area contributed by atoms with Gasteiger partial charge in [0.25, 0.3) is 11.8 Å². The number of hydrogen-bond acceptors (Lipinski definition) is 3. The number of hydrogen-bond donors (Lipinski definition) is 3. The van der Waals surface area contributed by atoms with Crippen LogP contribution >= 0.6 is 11.6 Å². The zero-order valence-electron chi connectivity index (χ0n) is 17.6. The summed E-state index contributed by atoms with van der Waals surface area (Å²) in [5.74, 6) is 0.140. The van der Waals surface area contributed by atoms with Crippen molar-refractivity contribution in [1.82, 2.24) is 0 Å². The average molecular weight is 419 g/mol. The van der Waals surface area contributed by atoms with E-state index in [1.54, 1.807) is 25.2 Å². The Balaban J connectivity index is 1.87. The van der Waals surface area contributed by atoms with Crippen molar-refractivity contribution in [2.45, 2.75) is 26.2 Å². The van der Waals surface area contributed by atoms with Crippen molar-refractivity contribution in [1.29, 1.82) is 0 Å². The molecule has 0 saturated heterocycles. The smallest absolute Gasteiger partial charge is 0.279 e. The lowest BCUT2D eigenvalue weighted by Crippen LogP contribution is -3.11. The predicted molar refractivity (Wildman–Crippen MR) is 117 cm³/mol. The molecule has 0 aliphatic rings. The molecular weight excluding hydrogens is 390 g/mol. The molecule has 0 saturated carbocycles. The van der Waals surface area contributed by atoms with Gasteiger partial charge in [-0.25, -0.2) is 0 Å². The first-order chi connectivity index (χ1) is 13.6. The van der Waals surface area contributed by atoms with Crippen molar-refractivity contribution in [3.63, 3.8) is 0 Å². The maximum atomic E-state index is 12.3. The van der Waals surface area contributed by atoms with E-state index in [9.17, 15) is 9.59 Å². The fourth-order valence-electron chi connectivity index (χ4n) is 2.84. The Morgan fingerprint density at radius 2 is 1.59 bits per heavy atom. The van der Waals surface area contributed by atoms with Gasteiger partial charge in [-0.3, -0.25) is 9.59 Å². The summed E-state index contributed by atoms with van der Waals surface area (Å²) < 4.78 is 5.22. The Morgan fingerprint density at radius 1 is 1.00 bits per heavy atom. The molecule has 6 nitrogen and oxygen atoms in total. The van der Waals surface area contributed by atoms with Gasteiger partial charge in [0.15, 0.2) is 13.1 Å². The first kappa shape index (κ1) is 22.7. The van der Waals surface area contributed by atoms with E-state index in [2.05, 4.69) is 31.4 Å². The number of quaternary nitrogens is 1. The van der Waals surface area contributed by atoms with E-state index < -0.39 is 0 Å². The minimum absolute atomic E-state index is 0.0614. The van der Waals surface area contributed by atoms with Crippen LogP contribution < -0.4 is 20.3 Å². The first-order valence-corrected chi connectivity index (χ1v) is 9.81. The highest BCUT2D eigenvalue weighted by Crippen LogP contribution is 2.27. The molecule has 0 aromatic heterocycles. The molecule has 0 aliphatic carbocycles. The van der Waals surface area contributed by atoms with E-state index >= 15 is 0 Å². The summed E-state index contributed by atoms with van der Waals surface area (Å²) in [6, 6.07) is 12.8. The number of carbonyl (C=O) groups is 2. The van der Waals surface area contributed by atoms with E-state index in [0.29, 0.717) is 16.5 Å². The molecular formula is C22H29ClN3O3+. The number of halogens is 1. The summed E-state index contributed by atoms with van der Waals surface area (Å²) >= 11 is 5.98. The van der Waals surface area contributed by atoms with E-state index in [1.807, 2.05) is 24.3 Å². The SMILES string of the molecule is COc1ccc(Cl)cc1NC(=O)C[NH+](C)CC(=O)Nc1ccc(C(C)(C)C)cc1. The maximum Gasteiger partial charge on any atom is 0.279 e. The second-order valence-electron chi connectivity index (χ2n) is 8.08. The van der Waals surface area contributed by atoms with Crippen LogP contribution in [-0.2, 0) is 15.0 Å². The van der Waals surface area contributed by atoms with Gasteiger partial charge >= 0.3 is 0 Å². The molecule has 0 radical (unpaired) electrons. The van der Waals surface area contributed by atoms with Crippen LogP contribution in [0.5, 0.6) is 5.75 Å². The average Bonchev–Trinajstić information content (AvgIpc) is 2.61. The quantitative estimate of drug-likeness (QED) is 0.647. The zero-order chi connectivity index (χ0) is 21.6. The molecule has 2 rings (SSSR count). The lowest BCUT2D eigenvalue weighted by Gasteiger charge is -2.19. The van der Waals surface area contributed by atoms with Crippen molar-refractivity contribution in [2.75, 3.05) is 37.9 Å². The lowest BCUT2D eigenvalue weighted by molar-refractivity contribution is -0.862. The van der Waals surface area contributed by atoms with Crippen LogP contribution in [0.25, 0.3) is 0 Å². The molecule has 1 unspecified atom stereocenters. The third kappa shape index (κ3) is 7.07. The van der Waals surface area contributed by atoms with Crippen LogP contribution in [0, 0.1) is 0 Å². The van der Waals surface area contributed by atoms with Crippen molar-refractivity contribution in [3.05, 3.63) is 53.1 Å². The van der Waals surface area contributed by atoms with Gasteiger partial charge in [-0.15, -0.1) is 0 Å². The van der Waals surface area contributed by atoms with Gasteiger partial charge in [0, 0.05) is 10.7 Å². The topological polar surface area (TPSA) is 71.9 Å². The third-order valence-corrected chi connectivity index (χ3v) is 4.63. The Hall–Kier alpha value is -2.57. The monoisotopic (exact) mass is 418 g/mol. The Bertz CT molecular complexity index is 861. The third-order valence-electron chi connectivity index (χ3n) is 4.39. The highest BCUT2D eigenvalue weighted by Gasteiger charge is 2.17. The summed E-state index contributed by atoms with van der Waals surface area (Å²) in [7, 11) is 3.31.